The zero-order valence-electron chi connectivity index (χ0n) is 33.8. The molecular weight excluding hydrogens is 705 g/mol. The highest BCUT2D eigenvalue weighted by Crippen LogP contribution is 2.43. The van der Waals surface area contributed by atoms with Gasteiger partial charge in [-0.25, -0.2) is 4.57 Å². The third-order valence-electron chi connectivity index (χ3n) is 8.56. The van der Waals surface area contributed by atoms with Gasteiger partial charge in [0.25, 0.3) is 0 Å². The number of unbranched alkanes of at least 4 members (excludes halogenated alkanes) is 15. The van der Waals surface area contributed by atoms with Crippen molar-refractivity contribution in [3.63, 3.8) is 0 Å². The molecule has 3 atom stereocenters. The number of rotatable bonds is 39. The maximum Gasteiger partial charge on any atom is 0.472 e. The maximum atomic E-state index is 12.6. The third kappa shape index (κ3) is 38.0. The number of phosphoric ester groups is 1. The molecule has 54 heavy (non-hydrogen) atoms. The SMILES string of the molecule is CC/C=C\C/C=C\C/C=C\C/C=C\C/C=C\CCCCOCC(COP(=O)(O)OCC(N)C(=O)O)OC(=O)CCCCCCCCCCCCCCCC. The smallest absolute Gasteiger partial charge is 0.472 e. The summed E-state index contributed by atoms with van der Waals surface area (Å²) < 4.78 is 33.2. The Morgan fingerprint density at radius 2 is 1.07 bits per heavy atom. The highest BCUT2D eigenvalue weighted by molar-refractivity contribution is 7.47. The van der Waals surface area contributed by atoms with Crippen LogP contribution in [0.2, 0.25) is 0 Å². The van der Waals surface area contributed by atoms with Gasteiger partial charge in [0.05, 0.1) is 19.8 Å². The summed E-state index contributed by atoms with van der Waals surface area (Å²) >= 11 is 0. The number of aliphatic carboxylic acids is 1. The Balaban J connectivity index is 4.35. The predicted octanol–water partition coefficient (Wildman–Crippen LogP) is 11.3. The first-order valence-corrected chi connectivity index (χ1v) is 22.3. The van der Waals surface area contributed by atoms with Gasteiger partial charge in [-0.05, 0) is 57.8 Å². The fraction of sp³-hybridized carbons (Fsp3) is 0.721. The van der Waals surface area contributed by atoms with Crippen molar-refractivity contribution in [3.05, 3.63) is 60.8 Å². The molecule has 0 aliphatic heterocycles. The zero-order chi connectivity index (χ0) is 39.8. The predicted molar refractivity (Wildman–Crippen MR) is 221 cm³/mol. The minimum absolute atomic E-state index is 0.0131. The van der Waals surface area contributed by atoms with Crippen molar-refractivity contribution in [2.24, 2.45) is 5.73 Å². The van der Waals surface area contributed by atoms with Crippen molar-refractivity contribution in [1.29, 1.82) is 0 Å². The molecule has 0 spiro atoms. The van der Waals surface area contributed by atoms with Crippen molar-refractivity contribution in [2.45, 2.75) is 174 Å². The number of carboxylic acids is 1. The second kappa shape index (κ2) is 38.9. The van der Waals surface area contributed by atoms with E-state index in [0.717, 1.165) is 70.6 Å². The highest BCUT2D eigenvalue weighted by atomic mass is 31.2. The minimum atomic E-state index is -4.63. The molecule has 0 bridgehead atoms. The summed E-state index contributed by atoms with van der Waals surface area (Å²) in [5.41, 5.74) is 5.34. The van der Waals surface area contributed by atoms with Crippen LogP contribution in [-0.4, -0.2) is 60.5 Å². The van der Waals surface area contributed by atoms with E-state index in [1.807, 2.05) is 0 Å². The van der Waals surface area contributed by atoms with Gasteiger partial charge in [0.1, 0.15) is 12.1 Å². The van der Waals surface area contributed by atoms with Crippen molar-refractivity contribution in [2.75, 3.05) is 26.4 Å². The Kier molecular flexibility index (Phi) is 37.2. The fourth-order valence-corrected chi connectivity index (χ4v) is 6.11. The van der Waals surface area contributed by atoms with E-state index in [0.29, 0.717) is 13.0 Å². The molecule has 0 radical (unpaired) electrons. The van der Waals surface area contributed by atoms with Crippen LogP contribution in [0.3, 0.4) is 0 Å². The lowest BCUT2D eigenvalue weighted by Gasteiger charge is -2.20. The van der Waals surface area contributed by atoms with E-state index in [1.54, 1.807) is 0 Å². The lowest BCUT2D eigenvalue weighted by molar-refractivity contribution is -0.154. The maximum absolute atomic E-state index is 12.6. The molecule has 4 N–H and O–H groups in total. The van der Waals surface area contributed by atoms with Crippen molar-refractivity contribution >= 4 is 19.8 Å². The van der Waals surface area contributed by atoms with Gasteiger partial charge in [-0.15, -0.1) is 0 Å². The summed E-state index contributed by atoms with van der Waals surface area (Å²) in [6, 6.07) is -1.48. The number of hydrogen-bond acceptors (Lipinski definition) is 8. The molecule has 0 fully saturated rings. The average Bonchev–Trinajstić information content (AvgIpc) is 3.15. The standard InChI is InChI=1S/C43H76NO9P/c1-3-5-7-9-11-13-15-17-19-20-21-22-24-26-28-30-32-34-36-50-37-40(38-51-54(48,49)52-39-41(44)43(46)47)53-42(45)35-33-31-29-27-25-23-18-16-14-12-10-8-6-4-2/h5,7,11,13,17,19,21-22,26,28,40-41H,3-4,6,8-10,12,14-16,18,20,23-25,27,29-39,44H2,1-2H3,(H,46,47)(H,48,49)/b7-5-,13-11-,19-17-,22-21-,28-26-. The van der Waals surface area contributed by atoms with Gasteiger partial charge in [0.15, 0.2) is 0 Å². The van der Waals surface area contributed by atoms with Gasteiger partial charge in [-0.2, -0.15) is 0 Å². The number of phosphoric acid groups is 1. The van der Waals surface area contributed by atoms with Gasteiger partial charge >= 0.3 is 19.8 Å². The number of carbonyl (C=O) groups excluding carboxylic acids is 1. The van der Waals surface area contributed by atoms with Crippen LogP contribution in [0.25, 0.3) is 0 Å². The van der Waals surface area contributed by atoms with Crippen LogP contribution in [0.5, 0.6) is 0 Å². The van der Waals surface area contributed by atoms with Gasteiger partial charge < -0.3 is 25.2 Å². The second-order valence-corrected chi connectivity index (χ2v) is 15.2. The van der Waals surface area contributed by atoms with Crippen LogP contribution in [-0.2, 0) is 32.7 Å². The molecular formula is C43H76NO9P. The van der Waals surface area contributed by atoms with E-state index in [-0.39, 0.29) is 13.0 Å². The normalized spacial score (nSPS) is 14.6. The van der Waals surface area contributed by atoms with Crippen LogP contribution in [0, 0.1) is 0 Å². The van der Waals surface area contributed by atoms with Crippen LogP contribution < -0.4 is 5.73 Å². The van der Waals surface area contributed by atoms with Gasteiger partial charge in [0.2, 0.25) is 0 Å². The molecule has 11 heteroatoms. The summed E-state index contributed by atoms with van der Waals surface area (Å²) in [6.07, 6.45) is 45.6. The van der Waals surface area contributed by atoms with Crippen LogP contribution >= 0.6 is 7.82 Å². The summed E-state index contributed by atoms with van der Waals surface area (Å²) in [6.45, 7) is 3.65. The summed E-state index contributed by atoms with van der Waals surface area (Å²) in [4.78, 5) is 33.5. The van der Waals surface area contributed by atoms with E-state index >= 15 is 0 Å². The Morgan fingerprint density at radius 1 is 0.611 bits per heavy atom. The van der Waals surface area contributed by atoms with Crippen LogP contribution in [0.4, 0.5) is 0 Å². The first kappa shape index (κ1) is 51.7. The van der Waals surface area contributed by atoms with E-state index in [2.05, 4.69) is 74.6 Å². The molecule has 0 amide bonds. The third-order valence-corrected chi connectivity index (χ3v) is 9.51. The fourth-order valence-electron chi connectivity index (χ4n) is 5.33. The first-order chi connectivity index (χ1) is 26.2. The lowest BCUT2D eigenvalue weighted by atomic mass is 10.0. The highest BCUT2D eigenvalue weighted by Gasteiger charge is 2.27. The molecule has 0 rings (SSSR count). The molecule has 0 aromatic heterocycles. The summed E-state index contributed by atoms with van der Waals surface area (Å²) in [7, 11) is -4.63. The van der Waals surface area contributed by atoms with E-state index < -0.39 is 45.1 Å². The Bertz CT molecular complexity index is 1090. The van der Waals surface area contributed by atoms with Crippen LogP contribution in [0.1, 0.15) is 162 Å². The van der Waals surface area contributed by atoms with Crippen molar-refractivity contribution in [3.8, 4) is 0 Å². The average molecular weight is 782 g/mol. The number of ether oxygens (including phenoxy) is 2. The van der Waals surface area contributed by atoms with E-state index in [4.69, 9.17) is 29.4 Å². The monoisotopic (exact) mass is 782 g/mol. The molecule has 0 aromatic rings. The number of nitrogens with two attached hydrogens (primary N) is 1. The Morgan fingerprint density at radius 3 is 1.57 bits per heavy atom. The summed E-state index contributed by atoms with van der Waals surface area (Å²) in [5.74, 6) is -1.80. The molecule has 10 nitrogen and oxygen atoms in total. The van der Waals surface area contributed by atoms with Crippen molar-refractivity contribution < 1.29 is 42.7 Å². The minimum Gasteiger partial charge on any atom is -0.480 e. The molecule has 3 unspecified atom stereocenters. The molecule has 0 heterocycles. The topological polar surface area (TPSA) is 155 Å². The Labute approximate surface area is 328 Å². The number of carbonyl (C=O) groups is 2. The van der Waals surface area contributed by atoms with Gasteiger partial charge in [-0.1, -0.05) is 158 Å². The molecule has 0 saturated carbocycles. The van der Waals surface area contributed by atoms with E-state index in [1.165, 1.54) is 64.2 Å². The molecule has 0 aromatic carbocycles. The molecule has 312 valence electrons. The van der Waals surface area contributed by atoms with Gasteiger partial charge in [0, 0.05) is 13.0 Å². The number of hydrogen-bond donors (Lipinski definition) is 3. The van der Waals surface area contributed by atoms with Crippen LogP contribution in [0.15, 0.2) is 60.8 Å². The Hall–Kier alpha value is -2.33. The lowest BCUT2D eigenvalue weighted by Crippen LogP contribution is -2.34. The first-order valence-electron chi connectivity index (χ1n) is 20.8. The zero-order valence-corrected chi connectivity index (χ0v) is 34.7. The quantitative estimate of drug-likeness (QED) is 0.0237. The number of allylic oxidation sites excluding steroid dienone is 10. The number of esters is 1. The molecule has 0 saturated heterocycles. The largest absolute Gasteiger partial charge is 0.480 e. The number of carboxylic acid groups (broad SMARTS) is 1. The van der Waals surface area contributed by atoms with E-state index in [9.17, 15) is 19.0 Å². The molecule has 0 aliphatic carbocycles. The van der Waals surface area contributed by atoms with Crippen molar-refractivity contribution in [1.82, 2.24) is 0 Å². The van der Waals surface area contributed by atoms with Gasteiger partial charge in [-0.3, -0.25) is 18.6 Å². The summed E-state index contributed by atoms with van der Waals surface area (Å²) in [5, 5.41) is 8.88. The molecule has 0 aliphatic rings. The second-order valence-electron chi connectivity index (χ2n) is 13.7.